The van der Waals surface area contributed by atoms with Crippen LogP contribution in [0.25, 0.3) is 22.3 Å². The number of fused-ring (bicyclic) bond motifs is 2. The largest absolute Gasteiger partial charge is 0.480 e. The van der Waals surface area contributed by atoms with Gasteiger partial charge in [-0.25, -0.2) is 22.4 Å². The fourth-order valence-electron chi connectivity index (χ4n) is 10.6. The molecule has 2 fully saturated rings. The Kier molecular flexibility index (Phi) is 10.9. The van der Waals surface area contributed by atoms with Crippen LogP contribution in [0, 0.1) is 11.6 Å². The van der Waals surface area contributed by atoms with Crippen LogP contribution in [-0.2, 0) is 28.8 Å². The predicted molar refractivity (Wildman–Crippen MR) is 244 cm³/mol. The number of nitrogens with one attached hydrogen (secondary N) is 1. The lowest BCUT2D eigenvalue weighted by molar-refractivity contribution is -0.0315. The molecule has 0 aliphatic carbocycles. The van der Waals surface area contributed by atoms with E-state index >= 15 is 13.2 Å². The van der Waals surface area contributed by atoms with Crippen molar-refractivity contribution in [2.45, 2.75) is 93.7 Å². The van der Waals surface area contributed by atoms with E-state index in [9.17, 15) is 9.18 Å². The second-order valence-corrected chi connectivity index (χ2v) is 19.3. The maximum atomic E-state index is 17.3. The van der Waals surface area contributed by atoms with Crippen molar-refractivity contribution >= 4 is 29.3 Å². The van der Waals surface area contributed by atoms with E-state index in [2.05, 4.69) is 5.32 Å². The Balaban J connectivity index is 1.06. The molecule has 65 heavy (non-hydrogen) atoms. The van der Waals surface area contributed by atoms with Crippen LogP contribution in [0.5, 0.6) is 11.5 Å². The third-order valence-electron chi connectivity index (χ3n) is 13.4. The van der Waals surface area contributed by atoms with E-state index < -0.39 is 65.0 Å². The van der Waals surface area contributed by atoms with Gasteiger partial charge in [0.15, 0.2) is 11.2 Å². The van der Waals surface area contributed by atoms with Gasteiger partial charge in [0, 0.05) is 60.2 Å². The van der Waals surface area contributed by atoms with Crippen LogP contribution in [0.2, 0.25) is 10.0 Å². The summed E-state index contributed by atoms with van der Waals surface area (Å²) in [5.41, 5.74) is 1.92. The highest BCUT2D eigenvalue weighted by Crippen LogP contribution is 2.56. The molecule has 3 unspecified atom stereocenters. The van der Waals surface area contributed by atoms with E-state index in [-0.39, 0.29) is 48.0 Å². The van der Waals surface area contributed by atoms with Gasteiger partial charge in [0.05, 0.1) is 28.2 Å². The van der Waals surface area contributed by atoms with Gasteiger partial charge in [-0.3, -0.25) is 4.90 Å². The van der Waals surface area contributed by atoms with E-state index in [1.54, 1.807) is 45.0 Å². The van der Waals surface area contributed by atoms with Gasteiger partial charge in [0.2, 0.25) is 0 Å². The Hall–Kier alpha value is -5.55. The zero-order valence-corrected chi connectivity index (χ0v) is 37.4. The Morgan fingerprint density at radius 2 is 1.20 bits per heavy atom. The smallest absolute Gasteiger partial charge is 0.411 e. The van der Waals surface area contributed by atoms with E-state index in [4.69, 9.17) is 37.4 Å². The molecule has 10 rings (SSSR count). The molecule has 6 aromatic carbocycles. The summed E-state index contributed by atoms with van der Waals surface area (Å²) in [7, 11) is 0. The molecule has 4 aliphatic heterocycles. The number of rotatable bonds is 7. The number of benzene rings is 6. The predicted octanol–water partition coefficient (Wildman–Crippen LogP) is 13.1. The fraction of sp³-hybridized carbons (Fsp3) is 0.302. The maximum Gasteiger partial charge on any atom is 0.411 e. The topological polar surface area (TPSA) is 60.0 Å². The van der Waals surface area contributed by atoms with Crippen molar-refractivity contribution in [1.82, 2.24) is 10.2 Å². The molecule has 1 N–H and O–H groups in total. The van der Waals surface area contributed by atoms with Gasteiger partial charge in [-0.1, -0.05) is 138 Å². The summed E-state index contributed by atoms with van der Waals surface area (Å²) >= 11 is 13.6. The summed E-state index contributed by atoms with van der Waals surface area (Å²) in [6.07, 6.45) is -2.95. The van der Waals surface area contributed by atoms with Gasteiger partial charge in [0.25, 0.3) is 0 Å². The lowest BCUT2D eigenvalue weighted by Gasteiger charge is -2.42. The first-order chi connectivity index (χ1) is 31.2. The van der Waals surface area contributed by atoms with Crippen molar-refractivity contribution in [3.63, 3.8) is 0 Å². The molecule has 2 saturated heterocycles. The van der Waals surface area contributed by atoms with E-state index in [0.29, 0.717) is 50.3 Å². The minimum Gasteiger partial charge on any atom is -0.480 e. The minimum atomic E-state index is -1.61. The lowest BCUT2D eigenvalue weighted by atomic mass is 9.80. The fourth-order valence-corrected chi connectivity index (χ4v) is 11.2. The Morgan fingerprint density at radius 3 is 1.72 bits per heavy atom. The second-order valence-electron chi connectivity index (χ2n) is 18.5. The molecule has 1 amide bonds. The van der Waals surface area contributed by atoms with E-state index in [1.807, 2.05) is 91.0 Å². The van der Waals surface area contributed by atoms with Crippen molar-refractivity contribution in [3.8, 4) is 33.8 Å². The molecule has 0 bridgehead atoms. The Morgan fingerprint density at radius 1 is 0.708 bits per heavy atom. The average Bonchev–Trinajstić information content (AvgIpc) is 4.09. The first-order valence-corrected chi connectivity index (χ1v) is 22.6. The van der Waals surface area contributed by atoms with Crippen LogP contribution in [-0.4, -0.2) is 47.6 Å². The molecule has 7 atom stereocenters. The average molecular weight is 922 g/mol. The van der Waals surface area contributed by atoms with Crippen molar-refractivity contribution in [2.75, 3.05) is 6.54 Å². The number of ether oxygens (including phenoxy) is 3. The number of alkyl halides is 2. The quantitative estimate of drug-likeness (QED) is 0.162. The number of hydrogen-bond acceptors (Lipinski definition) is 5. The van der Waals surface area contributed by atoms with E-state index in [0.717, 1.165) is 5.56 Å². The first kappa shape index (κ1) is 43.3. The number of amides is 1. The van der Waals surface area contributed by atoms with Crippen molar-refractivity contribution < 1.29 is 36.6 Å². The molecule has 4 heterocycles. The SMILES string of the molecule is CC(C)(C)OC(=O)N1C(c2ccc(-c3c(Cl)c(F)cc4c3C[C@](c3ccccc3)(C3C[C@@H](F)CN3)O4)cc2)[C@H](F)CC1[C@@]1(c2ccccc2)Cc2c(cc(F)c(Cl)c2-c2ccccc2)O1. The van der Waals surface area contributed by atoms with Crippen LogP contribution in [0.1, 0.15) is 67.5 Å². The maximum absolute atomic E-state index is 17.3. The summed E-state index contributed by atoms with van der Waals surface area (Å²) in [5.74, 6) is -0.808. The van der Waals surface area contributed by atoms with Gasteiger partial charge >= 0.3 is 6.09 Å². The molecule has 0 aromatic heterocycles. The highest BCUT2D eigenvalue weighted by Gasteiger charge is 2.60. The summed E-state index contributed by atoms with van der Waals surface area (Å²) in [4.78, 5) is 16.1. The number of carbonyl (C=O) groups excluding carboxylic acids is 1. The summed E-state index contributed by atoms with van der Waals surface area (Å²) in [6, 6.07) is 34.9. The third kappa shape index (κ3) is 7.42. The standard InChI is InChI=1S/C53H46Cl2F4N2O4/c1-51(2,3)65-50(62)61-44(53(34-17-11-6-12-18-34)28-37-42(64-53)25-39(58)47(54)45(37)30-13-7-4-8-14-30)26-40(59)49(61)32-21-19-31(20-22-32)46-36-27-52(33-15-9-5-10-16-33,43-23-35(56)29-60-43)63-41(36)24-38(57)48(46)55/h4-22,24-25,35,40,43-44,49,60H,23,26-29H2,1-3H3/t35-,40-,43?,44?,49?,52+,53+/m1/s1. The van der Waals surface area contributed by atoms with Crippen molar-refractivity contribution in [2.24, 2.45) is 0 Å². The number of carbonyl (C=O) groups is 1. The monoisotopic (exact) mass is 920 g/mol. The highest BCUT2D eigenvalue weighted by atomic mass is 35.5. The number of hydrogen-bond donors (Lipinski definition) is 1. The van der Waals surface area contributed by atoms with Gasteiger partial charge < -0.3 is 19.5 Å². The number of likely N-dealkylation sites (tertiary alicyclic amines) is 1. The van der Waals surface area contributed by atoms with Gasteiger partial charge in [-0.05, 0) is 55.0 Å². The third-order valence-corrected chi connectivity index (χ3v) is 14.1. The molecule has 0 radical (unpaired) electrons. The van der Waals surface area contributed by atoms with Crippen molar-refractivity contribution in [3.05, 3.63) is 177 Å². The normalized spacial score (nSPS) is 25.8. The molecule has 0 saturated carbocycles. The number of nitrogens with zero attached hydrogens (tertiary/aromatic N) is 1. The molecule has 6 aromatic rings. The summed E-state index contributed by atoms with van der Waals surface area (Å²) < 4.78 is 83.4. The molecule has 4 aliphatic rings. The lowest BCUT2D eigenvalue weighted by Crippen LogP contribution is -2.54. The van der Waals surface area contributed by atoms with Gasteiger partial charge in [-0.15, -0.1) is 0 Å². The highest BCUT2D eigenvalue weighted by molar-refractivity contribution is 6.34. The van der Waals surface area contributed by atoms with Crippen LogP contribution >= 0.6 is 23.2 Å². The van der Waals surface area contributed by atoms with Crippen LogP contribution in [0.3, 0.4) is 0 Å². The first-order valence-electron chi connectivity index (χ1n) is 21.9. The molecule has 334 valence electrons. The summed E-state index contributed by atoms with van der Waals surface area (Å²) in [5, 5.41) is 3.13. The Labute approximate surface area is 385 Å². The van der Waals surface area contributed by atoms with Crippen LogP contribution < -0.4 is 14.8 Å². The number of halogens is 6. The zero-order chi connectivity index (χ0) is 45.4. The Bertz CT molecular complexity index is 2780. The van der Waals surface area contributed by atoms with E-state index in [1.165, 1.54) is 17.0 Å². The molecule has 6 nitrogen and oxygen atoms in total. The van der Waals surface area contributed by atoms with Crippen molar-refractivity contribution in [1.29, 1.82) is 0 Å². The summed E-state index contributed by atoms with van der Waals surface area (Å²) in [6.45, 7) is 5.41. The van der Waals surface area contributed by atoms with Gasteiger partial charge in [-0.2, -0.15) is 0 Å². The second kappa shape index (κ2) is 16.4. The molecular formula is C53H46Cl2F4N2O4. The molecular weight excluding hydrogens is 875 g/mol. The zero-order valence-electron chi connectivity index (χ0n) is 35.9. The molecule has 0 spiro atoms. The minimum absolute atomic E-state index is 0.0656. The van der Waals surface area contributed by atoms with Crippen LogP contribution in [0.4, 0.5) is 22.4 Å². The van der Waals surface area contributed by atoms with Gasteiger partial charge in [0.1, 0.15) is 41.1 Å². The molecule has 12 heteroatoms. The van der Waals surface area contributed by atoms with Crippen LogP contribution in [0.15, 0.2) is 127 Å².